The summed E-state index contributed by atoms with van der Waals surface area (Å²) in [5, 5.41) is 0. The monoisotopic (exact) mass is 478 g/mol. The highest BCUT2D eigenvalue weighted by Crippen LogP contribution is 2.39. The molecule has 4 aromatic rings. The SMILES string of the molecule is COc1cc(C(=O)c2cn(S(=O)(=O)c3ccccc3)c(-c3ccccc3)n2)cc(OC)c1OC. The molecular formula is C25H22N2O6S. The number of imidazole rings is 1. The van der Waals surface area contributed by atoms with E-state index in [1.54, 1.807) is 42.5 Å². The van der Waals surface area contributed by atoms with Crippen LogP contribution in [0.1, 0.15) is 16.1 Å². The summed E-state index contributed by atoms with van der Waals surface area (Å²) in [6, 6.07) is 19.8. The zero-order valence-electron chi connectivity index (χ0n) is 18.8. The zero-order chi connectivity index (χ0) is 24.3. The fourth-order valence-corrected chi connectivity index (χ4v) is 4.84. The molecule has 0 aliphatic heterocycles. The van der Waals surface area contributed by atoms with Crippen LogP contribution in [0.15, 0.2) is 83.9 Å². The van der Waals surface area contributed by atoms with Crippen LogP contribution >= 0.6 is 0 Å². The molecule has 9 heteroatoms. The molecule has 0 N–H and O–H groups in total. The Kier molecular flexibility index (Phi) is 6.38. The van der Waals surface area contributed by atoms with E-state index in [1.165, 1.54) is 51.8 Å². The highest BCUT2D eigenvalue weighted by molar-refractivity contribution is 7.90. The Morgan fingerprint density at radius 2 is 1.38 bits per heavy atom. The summed E-state index contributed by atoms with van der Waals surface area (Å²) in [5.41, 5.74) is 0.703. The topological polar surface area (TPSA) is 96.7 Å². The summed E-state index contributed by atoms with van der Waals surface area (Å²) in [7, 11) is 0.335. The lowest BCUT2D eigenvalue weighted by Gasteiger charge is -2.13. The number of hydrogen-bond acceptors (Lipinski definition) is 7. The van der Waals surface area contributed by atoms with Crippen molar-refractivity contribution < 1.29 is 27.4 Å². The third kappa shape index (κ3) is 4.13. The first kappa shape index (κ1) is 23.1. The van der Waals surface area contributed by atoms with E-state index in [4.69, 9.17) is 14.2 Å². The van der Waals surface area contributed by atoms with Crippen molar-refractivity contribution in [3.05, 3.63) is 90.3 Å². The molecule has 0 fully saturated rings. The molecular weight excluding hydrogens is 456 g/mol. The van der Waals surface area contributed by atoms with Gasteiger partial charge in [-0.1, -0.05) is 48.5 Å². The van der Waals surface area contributed by atoms with Gasteiger partial charge in [-0.15, -0.1) is 0 Å². The van der Waals surface area contributed by atoms with E-state index in [1.807, 2.05) is 6.07 Å². The number of benzene rings is 3. The first-order chi connectivity index (χ1) is 16.4. The fraction of sp³-hybridized carbons (Fsp3) is 0.120. The van der Waals surface area contributed by atoms with Crippen LogP contribution in [0.5, 0.6) is 17.2 Å². The zero-order valence-corrected chi connectivity index (χ0v) is 19.6. The Morgan fingerprint density at radius 3 is 1.91 bits per heavy atom. The van der Waals surface area contributed by atoms with E-state index in [0.717, 1.165) is 3.97 Å². The minimum Gasteiger partial charge on any atom is -0.493 e. The van der Waals surface area contributed by atoms with Gasteiger partial charge in [0.05, 0.1) is 32.4 Å². The molecule has 0 aliphatic carbocycles. The third-order valence-electron chi connectivity index (χ3n) is 5.17. The van der Waals surface area contributed by atoms with Crippen molar-refractivity contribution in [2.24, 2.45) is 0 Å². The molecule has 0 radical (unpaired) electrons. The second-order valence-corrected chi connectivity index (χ2v) is 8.99. The quantitative estimate of drug-likeness (QED) is 0.353. The highest BCUT2D eigenvalue weighted by atomic mass is 32.2. The molecule has 0 unspecified atom stereocenters. The van der Waals surface area contributed by atoms with Gasteiger partial charge >= 0.3 is 0 Å². The third-order valence-corrected chi connectivity index (χ3v) is 6.83. The standard InChI is InChI=1S/C25H22N2O6S/c1-31-21-14-18(15-22(32-2)24(21)33-3)23(28)20-16-27(25(26-20)17-10-6-4-7-11-17)34(29,30)19-12-8-5-9-13-19/h4-16H,1-3H3. The smallest absolute Gasteiger partial charge is 0.269 e. The fourth-order valence-electron chi connectivity index (χ4n) is 3.50. The van der Waals surface area contributed by atoms with Crippen LogP contribution in [0.2, 0.25) is 0 Å². The van der Waals surface area contributed by atoms with Gasteiger partial charge in [0.15, 0.2) is 17.3 Å². The van der Waals surface area contributed by atoms with Crippen LogP contribution in [-0.4, -0.2) is 44.5 Å². The van der Waals surface area contributed by atoms with Crippen molar-refractivity contribution in [2.45, 2.75) is 4.90 Å². The van der Waals surface area contributed by atoms with Crippen molar-refractivity contribution in [2.75, 3.05) is 21.3 Å². The number of ether oxygens (including phenoxy) is 3. The van der Waals surface area contributed by atoms with Gasteiger partial charge in [-0.2, -0.15) is 0 Å². The lowest BCUT2D eigenvalue weighted by atomic mass is 10.1. The normalized spacial score (nSPS) is 11.1. The molecule has 3 aromatic carbocycles. The lowest BCUT2D eigenvalue weighted by Crippen LogP contribution is -2.13. The average molecular weight is 479 g/mol. The molecule has 8 nitrogen and oxygen atoms in total. The van der Waals surface area contributed by atoms with E-state index in [0.29, 0.717) is 22.8 Å². The van der Waals surface area contributed by atoms with Gasteiger partial charge in [0.25, 0.3) is 10.0 Å². The number of methoxy groups -OCH3 is 3. The number of hydrogen-bond donors (Lipinski definition) is 0. The number of aromatic nitrogens is 2. The molecule has 174 valence electrons. The van der Waals surface area contributed by atoms with Crippen LogP contribution < -0.4 is 14.2 Å². The number of carbonyl (C=O) groups is 1. The van der Waals surface area contributed by atoms with Gasteiger partial charge in [-0.05, 0) is 24.3 Å². The molecule has 1 heterocycles. The van der Waals surface area contributed by atoms with Crippen molar-refractivity contribution in [1.82, 2.24) is 8.96 Å². The first-order valence-corrected chi connectivity index (χ1v) is 11.6. The molecule has 34 heavy (non-hydrogen) atoms. The Bertz CT molecular complexity index is 1410. The van der Waals surface area contributed by atoms with E-state index in [-0.39, 0.29) is 22.0 Å². The predicted octanol–water partition coefficient (Wildman–Crippen LogP) is 4.04. The van der Waals surface area contributed by atoms with Crippen molar-refractivity contribution in [3.63, 3.8) is 0 Å². The maximum atomic E-state index is 13.4. The second kappa shape index (κ2) is 9.40. The maximum absolute atomic E-state index is 13.4. The Balaban J connectivity index is 1.89. The Morgan fingerprint density at radius 1 is 0.824 bits per heavy atom. The minimum absolute atomic E-state index is 0.0485. The molecule has 4 rings (SSSR count). The number of rotatable bonds is 8. The van der Waals surface area contributed by atoms with Gasteiger partial charge in [-0.25, -0.2) is 17.4 Å². The van der Waals surface area contributed by atoms with E-state index in [9.17, 15) is 13.2 Å². The molecule has 0 spiro atoms. The highest BCUT2D eigenvalue weighted by Gasteiger charge is 2.26. The van der Waals surface area contributed by atoms with Crippen molar-refractivity contribution >= 4 is 15.8 Å². The summed E-state index contributed by atoms with van der Waals surface area (Å²) in [6.45, 7) is 0. The summed E-state index contributed by atoms with van der Waals surface area (Å²) in [6.07, 6.45) is 1.23. The van der Waals surface area contributed by atoms with E-state index in [2.05, 4.69) is 4.98 Å². The minimum atomic E-state index is -4.02. The van der Waals surface area contributed by atoms with Gasteiger partial charge in [-0.3, -0.25) is 4.79 Å². The van der Waals surface area contributed by atoms with Crippen molar-refractivity contribution in [1.29, 1.82) is 0 Å². The summed E-state index contributed by atoms with van der Waals surface area (Å²) >= 11 is 0. The molecule has 0 saturated heterocycles. The second-order valence-electron chi connectivity index (χ2n) is 7.17. The maximum Gasteiger partial charge on any atom is 0.269 e. The van der Waals surface area contributed by atoms with Gasteiger partial charge in [0, 0.05) is 11.1 Å². The van der Waals surface area contributed by atoms with Crippen LogP contribution in [-0.2, 0) is 10.0 Å². The van der Waals surface area contributed by atoms with Gasteiger partial charge in [0.1, 0.15) is 5.69 Å². The van der Waals surface area contributed by atoms with E-state index < -0.39 is 15.8 Å². The molecule has 1 aromatic heterocycles. The molecule has 0 amide bonds. The number of carbonyl (C=O) groups excluding carboxylic acids is 1. The van der Waals surface area contributed by atoms with Crippen LogP contribution in [0.25, 0.3) is 11.4 Å². The number of nitrogens with zero attached hydrogens (tertiary/aromatic N) is 2. The van der Waals surface area contributed by atoms with Gasteiger partial charge < -0.3 is 14.2 Å². The van der Waals surface area contributed by atoms with Crippen LogP contribution in [0, 0.1) is 0 Å². The summed E-state index contributed by atoms with van der Waals surface area (Å²) in [4.78, 5) is 17.9. The van der Waals surface area contributed by atoms with Gasteiger partial charge in [0.2, 0.25) is 11.5 Å². The average Bonchev–Trinajstić information content (AvgIpc) is 3.35. The largest absolute Gasteiger partial charge is 0.493 e. The molecule has 0 saturated carbocycles. The van der Waals surface area contributed by atoms with Crippen molar-refractivity contribution in [3.8, 4) is 28.6 Å². The first-order valence-electron chi connectivity index (χ1n) is 10.2. The molecule has 0 aliphatic rings. The lowest BCUT2D eigenvalue weighted by molar-refractivity contribution is 0.103. The van der Waals surface area contributed by atoms with Crippen LogP contribution in [0.4, 0.5) is 0 Å². The Labute approximate surface area is 197 Å². The Hall–Kier alpha value is -4.11. The molecule has 0 atom stereocenters. The van der Waals surface area contributed by atoms with E-state index >= 15 is 0 Å². The number of ketones is 1. The molecule has 0 bridgehead atoms. The predicted molar refractivity (Wildman–Crippen MR) is 126 cm³/mol. The van der Waals surface area contributed by atoms with Crippen LogP contribution in [0.3, 0.4) is 0 Å². The summed E-state index contributed by atoms with van der Waals surface area (Å²) in [5.74, 6) is 0.553. The summed E-state index contributed by atoms with van der Waals surface area (Å²) < 4.78 is 43.9.